The number of anilines is 2. The molecule has 11 nitrogen and oxygen atoms in total. The molecule has 1 saturated heterocycles. The van der Waals surface area contributed by atoms with Crippen LogP contribution >= 0.6 is 11.3 Å². The Bertz CT molecular complexity index is 2350. The quantitative estimate of drug-likeness (QED) is 0.117. The zero-order valence-corrected chi connectivity index (χ0v) is 34.8. The SMILES string of the molecule is C[C@H](COc1ccc(-c2ccc(N3CCc4cccc(C(=O)Nc5nc6ccccc6s5)c4C3)nc2C(=O)OC(C)(C)C)c(C(F)(F)F)c1)CC1CCN(CC(=O)O)CC1. The number of pyridine rings is 1. The monoisotopic (exact) mass is 843 g/mol. The first-order chi connectivity index (χ1) is 28.5. The molecular weight excluding hydrogens is 796 g/mol. The number of alkyl halides is 3. The highest BCUT2D eigenvalue weighted by Gasteiger charge is 2.36. The highest BCUT2D eigenvalue weighted by Crippen LogP contribution is 2.41. The molecule has 5 aromatic rings. The van der Waals surface area contributed by atoms with E-state index in [0.29, 0.717) is 48.5 Å². The minimum atomic E-state index is -4.80. The van der Waals surface area contributed by atoms with Crippen molar-refractivity contribution in [1.29, 1.82) is 0 Å². The average Bonchev–Trinajstić information content (AvgIpc) is 3.61. The van der Waals surface area contributed by atoms with Crippen LogP contribution in [0.25, 0.3) is 21.3 Å². The number of halogens is 3. The van der Waals surface area contributed by atoms with E-state index in [1.54, 1.807) is 32.9 Å². The van der Waals surface area contributed by atoms with Gasteiger partial charge in [0.25, 0.3) is 5.91 Å². The second-order valence-corrected chi connectivity index (χ2v) is 17.6. The highest BCUT2D eigenvalue weighted by molar-refractivity contribution is 7.22. The van der Waals surface area contributed by atoms with Gasteiger partial charge in [-0.25, -0.2) is 14.8 Å². The van der Waals surface area contributed by atoms with E-state index in [4.69, 9.17) is 14.6 Å². The van der Waals surface area contributed by atoms with E-state index >= 15 is 0 Å². The van der Waals surface area contributed by atoms with Crippen molar-refractivity contribution in [3.8, 4) is 16.9 Å². The lowest BCUT2D eigenvalue weighted by Gasteiger charge is -2.32. The summed E-state index contributed by atoms with van der Waals surface area (Å²) in [6.45, 7) is 9.37. The smallest absolute Gasteiger partial charge is 0.417 e. The molecule has 1 atom stereocenters. The molecule has 4 heterocycles. The normalized spacial score (nSPS) is 15.7. The first-order valence-corrected chi connectivity index (χ1v) is 20.9. The third-order valence-corrected chi connectivity index (χ3v) is 11.7. The number of aromatic nitrogens is 2. The van der Waals surface area contributed by atoms with Gasteiger partial charge < -0.3 is 19.5 Å². The molecule has 0 aliphatic carbocycles. The van der Waals surface area contributed by atoms with E-state index in [1.165, 1.54) is 29.5 Å². The van der Waals surface area contributed by atoms with Gasteiger partial charge in [-0.15, -0.1) is 0 Å². The number of nitrogens with zero attached hydrogens (tertiary/aromatic N) is 4. The van der Waals surface area contributed by atoms with Crippen LogP contribution in [0.4, 0.5) is 24.1 Å². The summed E-state index contributed by atoms with van der Waals surface area (Å²) in [5, 5.41) is 12.5. The second kappa shape index (κ2) is 17.6. The summed E-state index contributed by atoms with van der Waals surface area (Å²) in [5.74, 6) is -1.21. The summed E-state index contributed by atoms with van der Waals surface area (Å²) in [5.41, 5.74) is 0.520. The number of hydrogen-bond donors (Lipinski definition) is 2. The maximum Gasteiger partial charge on any atom is 0.417 e. The van der Waals surface area contributed by atoms with Gasteiger partial charge in [0.05, 0.1) is 28.9 Å². The van der Waals surface area contributed by atoms with Gasteiger partial charge in [-0.2, -0.15) is 13.2 Å². The Morgan fingerprint density at radius 3 is 2.42 bits per heavy atom. The number of carbonyl (C=O) groups is 3. The number of thiazole rings is 1. The number of aliphatic carboxylic acids is 1. The molecule has 0 saturated carbocycles. The van der Waals surface area contributed by atoms with Crippen LogP contribution in [0.1, 0.15) is 84.5 Å². The van der Waals surface area contributed by atoms with Gasteiger partial charge in [-0.1, -0.05) is 48.6 Å². The van der Waals surface area contributed by atoms with Gasteiger partial charge in [0.1, 0.15) is 17.2 Å². The lowest BCUT2D eigenvalue weighted by Crippen LogP contribution is -2.37. The van der Waals surface area contributed by atoms with Crippen LogP contribution in [-0.2, 0) is 28.7 Å². The summed E-state index contributed by atoms with van der Waals surface area (Å²) < 4.78 is 57.2. The fourth-order valence-corrected chi connectivity index (χ4v) is 8.79. The van der Waals surface area contributed by atoms with Gasteiger partial charge >= 0.3 is 18.1 Å². The number of para-hydroxylation sites is 1. The number of carboxylic acids is 1. The molecule has 3 aromatic carbocycles. The van der Waals surface area contributed by atoms with Gasteiger partial charge in [0, 0.05) is 24.2 Å². The number of amides is 1. The molecule has 15 heteroatoms. The van der Waals surface area contributed by atoms with Crippen molar-refractivity contribution < 1.29 is 42.1 Å². The molecule has 2 aliphatic heterocycles. The van der Waals surface area contributed by atoms with E-state index in [-0.39, 0.29) is 54.1 Å². The maximum absolute atomic E-state index is 14.9. The van der Waals surface area contributed by atoms with Gasteiger partial charge in [0.15, 0.2) is 10.8 Å². The average molecular weight is 844 g/mol. The third kappa shape index (κ3) is 10.2. The Morgan fingerprint density at radius 1 is 0.950 bits per heavy atom. The topological polar surface area (TPSA) is 134 Å². The van der Waals surface area contributed by atoms with E-state index in [9.17, 15) is 27.6 Å². The number of carbonyl (C=O) groups excluding carboxylic acids is 2. The first kappa shape index (κ1) is 42.6. The molecule has 0 spiro atoms. The predicted molar refractivity (Wildman–Crippen MR) is 225 cm³/mol. The lowest BCUT2D eigenvalue weighted by molar-refractivity contribution is -0.139. The van der Waals surface area contributed by atoms with Crippen molar-refractivity contribution in [2.75, 3.05) is 43.0 Å². The number of likely N-dealkylation sites (tertiary alicyclic amines) is 1. The van der Waals surface area contributed by atoms with Crippen molar-refractivity contribution >= 4 is 50.3 Å². The largest absolute Gasteiger partial charge is 0.493 e. The van der Waals surface area contributed by atoms with Gasteiger partial charge in [-0.3, -0.25) is 19.8 Å². The molecule has 0 bridgehead atoms. The summed E-state index contributed by atoms with van der Waals surface area (Å²) >= 11 is 1.38. The minimum absolute atomic E-state index is 0.0193. The molecule has 2 aromatic heterocycles. The Kier molecular flexibility index (Phi) is 12.5. The fourth-order valence-electron chi connectivity index (χ4n) is 7.93. The fraction of sp³-hybridized carbons (Fsp3) is 0.400. The third-order valence-electron chi connectivity index (χ3n) is 10.8. The van der Waals surface area contributed by atoms with Crippen LogP contribution < -0.4 is 15.0 Å². The minimum Gasteiger partial charge on any atom is -0.493 e. The molecular formula is C45H48F3N5O6S. The zero-order valence-electron chi connectivity index (χ0n) is 34.0. The number of piperidine rings is 1. The van der Waals surface area contributed by atoms with Crippen molar-refractivity contribution in [1.82, 2.24) is 14.9 Å². The summed E-state index contributed by atoms with van der Waals surface area (Å²) in [6.07, 6.45) is -1.72. The number of rotatable bonds is 12. The highest BCUT2D eigenvalue weighted by atomic mass is 32.1. The van der Waals surface area contributed by atoms with Crippen molar-refractivity contribution in [2.24, 2.45) is 11.8 Å². The number of benzene rings is 3. The molecule has 1 fully saturated rings. The Morgan fingerprint density at radius 2 is 1.70 bits per heavy atom. The number of ether oxygens (including phenoxy) is 2. The van der Waals surface area contributed by atoms with E-state index in [2.05, 4.69) is 15.3 Å². The molecule has 316 valence electrons. The van der Waals surface area contributed by atoms with Gasteiger partial charge in [-0.05, 0) is 131 Å². The number of fused-ring (bicyclic) bond motifs is 2. The molecule has 2 N–H and O–H groups in total. The molecule has 0 unspecified atom stereocenters. The van der Waals surface area contributed by atoms with Crippen LogP contribution in [0.3, 0.4) is 0 Å². The first-order valence-electron chi connectivity index (χ1n) is 20.1. The second-order valence-electron chi connectivity index (χ2n) is 16.6. The van der Waals surface area contributed by atoms with Crippen LogP contribution in [0.5, 0.6) is 5.75 Å². The maximum atomic E-state index is 14.9. The van der Waals surface area contributed by atoms with Crippen LogP contribution in [-0.4, -0.2) is 76.2 Å². The van der Waals surface area contributed by atoms with Crippen LogP contribution in [0.2, 0.25) is 0 Å². The van der Waals surface area contributed by atoms with Crippen molar-refractivity contribution in [3.05, 3.63) is 101 Å². The molecule has 7 rings (SSSR count). The number of hydrogen-bond acceptors (Lipinski definition) is 10. The number of carboxylic acid groups (broad SMARTS) is 1. The Balaban J connectivity index is 1.12. The van der Waals surface area contributed by atoms with Crippen molar-refractivity contribution in [2.45, 2.75) is 71.7 Å². The standard InChI is InChI=1S/C45H48F3N5O6S/c1-27(22-28-16-19-52(20-17-28)25-39(54)55)26-58-30-12-13-31(35(23-30)45(46,47)48)32-14-15-38(50-40(32)42(57)59-44(2,3)4)53-21-18-29-8-7-9-33(34(29)24-53)41(56)51-43-49-36-10-5-6-11-37(36)60-43/h5-15,23,27-28H,16-22,24-26H2,1-4H3,(H,54,55)(H,49,51,56)/t27-/m0/s1. The Hall–Kier alpha value is -5.54. The molecule has 1 amide bonds. The van der Waals surface area contributed by atoms with Crippen LogP contribution in [0.15, 0.2) is 72.8 Å². The van der Waals surface area contributed by atoms with Crippen molar-refractivity contribution in [3.63, 3.8) is 0 Å². The molecule has 2 aliphatic rings. The Labute approximate surface area is 350 Å². The predicted octanol–water partition coefficient (Wildman–Crippen LogP) is 9.35. The van der Waals surface area contributed by atoms with E-state index < -0.39 is 29.3 Å². The van der Waals surface area contributed by atoms with Gasteiger partial charge in [0.2, 0.25) is 0 Å². The summed E-state index contributed by atoms with van der Waals surface area (Å²) in [7, 11) is 0. The van der Waals surface area contributed by atoms with E-state index in [1.807, 2.05) is 53.1 Å². The summed E-state index contributed by atoms with van der Waals surface area (Å²) in [6, 6.07) is 20.0. The molecule has 0 radical (unpaired) electrons. The number of esters is 1. The summed E-state index contributed by atoms with van der Waals surface area (Å²) in [4.78, 5) is 51.6. The zero-order chi connectivity index (χ0) is 42.8. The lowest BCUT2D eigenvalue weighted by atomic mass is 9.88. The molecule has 60 heavy (non-hydrogen) atoms. The van der Waals surface area contributed by atoms with E-state index in [0.717, 1.165) is 46.7 Å². The number of nitrogens with one attached hydrogen (secondary N) is 1. The van der Waals surface area contributed by atoms with Crippen LogP contribution in [0, 0.1) is 11.8 Å².